The first-order chi connectivity index (χ1) is 21.8. The van der Waals surface area contributed by atoms with Crippen LogP contribution in [0.25, 0.3) is 11.1 Å². The third kappa shape index (κ3) is 8.70. The largest absolute Gasteiger partial charge is 0.392 e. The first kappa shape index (κ1) is 32.6. The van der Waals surface area contributed by atoms with Gasteiger partial charge < -0.3 is 24.5 Å². The van der Waals surface area contributed by atoms with Crippen molar-refractivity contribution in [2.24, 2.45) is 0 Å². The Morgan fingerprint density at radius 3 is 2.36 bits per heavy atom. The normalized spacial score (nSPS) is 18.0. The van der Waals surface area contributed by atoms with Crippen molar-refractivity contribution in [1.82, 2.24) is 20.3 Å². The number of hydrogen-bond acceptors (Lipinski definition) is 7. The van der Waals surface area contributed by atoms with Crippen LogP contribution >= 0.6 is 23.2 Å². The number of aliphatic hydroxyl groups excluding tert-OH is 1. The molecular weight excluding hydrogens is 619 g/mol. The molecule has 4 N–H and O–H groups in total. The molecule has 45 heavy (non-hydrogen) atoms. The van der Waals surface area contributed by atoms with Crippen LogP contribution < -0.4 is 10.8 Å². The van der Waals surface area contributed by atoms with Crippen molar-refractivity contribution >= 4 is 35.0 Å². The Morgan fingerprint density at radius 2 is 1.64 bits per heavy atom. The summed E-state index contributed by atoms with van der Waals surface area (Å²) in [6.45, 7) is 0.740. The fourth-order valence-corrected chi connectivity index (χ4v) is 5.52. The van der Waals surface area contributed by atoms with E-state index >= 15 is 0 Å². The topological polar surface area (TPSA) is 135 Å². The average Bonchev–Trinajstić information content (AvgIpc) is 3.39. The number of rotatable bonds is 12. The van der Waals surface area contributed by atoms with Gasteiger partial charge in [0.05, 0.1) is 31.7 Å². The number of hydrogen-bond donors (Lipinski definition) is 4. The van der Waals surface area contributed by atoms with E-state index in [9.17, 15) is 14.7 Å². The summed E-state index contributed by atoms with van der Waals surface area (Å²) in [4.78, 5) is 27.5. The van der Waals surface area contributed by atoms with Gasteiger partial charge in [-0.3, -0.25) is 14.8 Å². The first-order valence-electron chi connectivity index (χ1n) is 14.6. The second-order valence-corrected chi connectivity index (χ2v) is 11.5. The van der Waals surface area contributed by atoms with E-state index < -0.39 is 12.2 Å². The van der Waals surface area contributed by atoms with E-state index in [1.165, 1.54) is 0 Å². The summed E-state index contributed by atoms with van der Waals surface area (Å²) >= 11 is 12.5. The smallest absolute Gasteiger partial charge is 0.243 e. The molecule has 1 aliphatic heterocycles. The third-order valence-corrected chi connectivity index (χ3v) is 8.36. The van der Waals surface area contributed by atoms with Gasteiger partial charge in [0.1, 0.15) is 5.15 Å². The number of carbonyl (C=O) groups excluding carboxylic acids is 2. The predicted molar refractivity (Wildman–Crippen MR) is 168 cm³/mol. The van der Waals surface area contributed by atoms with Crippen molar-refractivity contribution < 1.29 is 29.4 Å². The molecule has 3 atom stereocenters. The van der Waals surface area contributed by atoms with E-state index in [-0.39, 0.29) is 42.7 Å². The molecule has 236 valence electrons. The highest BCUT2D eigenvalue weighted by atomic mass is 35.5. The summed E-state index contributed by atoms with van der Waals surface area (Å²) in [5.41, 5.74) is 7.05. The van der Waals surface area contributed by atoms with Crippen molar-refractivity contribution in [2.75, 3.05) is 0 Å². The minimum absolute atomic E-state index is 0.0358. The Hall–Kier alpha value is -3.77. The highest BCUT2D eigenvalue weighted by Gasteiger charge is 2.33. The van der Waals surface area contributed by atoms with Gasteiger partial charge in [0.2, 0.25) is 11.8 Å². The number of imidazole rings is 1. The molecule has 4 aromatic rings. The SMILES string of the molecule is O=C(CCCC(=O)NCc1cccc(-c2cccc([C@H]3O[C@@H](Cn4cnc(Cl)c4Cl)C[C@@H](c4ccc(CO)cc4)O3)c2)c1)NO. The molecule has 0 bridgehead atoms. The lowest BCUT2D eigenvalue weighted by Crippen LogP contribution is -2.32. The van der Waals surface area contributed by atoms with Crippen LogP contribution in [-0.4, -0.2) is 37.8 Å². The third-order valence-electron chi connectivity index (χ3n) is 7.59. The van der Waals surface area contributed by atoms with Crippen LogP contribution in [0.4, 0.5) is 0 Å². The molecule has 0 spiro atoms. The molecule has 1 fully saturated rings. The summed E-state index contributed by atoms with van der Waals surface area (Å²) < 4.78 is 14.7. The van der Waals surface area contributed by atoms with E-state index in [0.717, 1.165) is 33.4 Å². The zero-order valence-electron chi connectivity index (χ0n) is 24.4. The molecule has 1 aliphatic rings. The second kappa shape index (κ2) is 15.5. The number of amides is 2. The molecule has 3 aromatic carbocycles. The van der Waals surface area contributed by atoms with E-state index in [2.05, 4.69) is 10.3 Å². The van der Waals surface area contributed by atoms with E-state index in [0.29, 0.717) is 31.1 Å². The molecular formula is C33H34Cl2N4O6. The van der Waals surface area contributed by atoms with Gasteiger partial charge >= 0.3 is 0 Å². The maximum Gasteiger partial charge on any atom is 0.243 e. The Labute approximate surface area is 270 Å². The summed E-state index contributed by atoms with van der Waals surface area (Å²) in [7, 11) is 0. The van der Waals surface area contributed by atoms with Crippen molar-refractivity contribution in [3.05, 3.63) is 112 Å². The number of halogens is 2. The van der Waals surface area contributed by atoms with E-state index in [1.54, 1.807) is 16.4 Å². The number of ether oxygens (including phenoxy) is 2. The van der Waals surface area contributed by atoms with Gasteiger partial charge in [0, 0.05) is 31.4 Å². The van der Waals surface area contributed by atoms with Crippen molar-refractivity contribution in [2.45, 2.75) is 63.9 Å². The standard InChI is InChI=1S/C33H34Cl2N4O6/c34-31-32(35)39(20-37-31)18-27-16-28(23-12-10-21(19-40)11-13-23)45-33(44-27)26-7-2-6-25(15-26)24-5-1-4-22(14-24)17-36-29(41)8-3-9-30(42)38-43/h1-2,4-7,10-15,20,27-28,33,40,43H,3,8-9,16-19H2,(H,36,41)(H,38,42)/t27-,28+,33+/m1/s1. The second-order valence-electron chi connectivity index (χ2n) is 10.8. The number of nitrogens with one attached hydrogen (secondary N) is 2. The summed E-state index contributed by atoms with van der Waals surface area (Å²) in [5, 5.41) is 21.5. The van der Waals surface area contributed by atoms with Gasteiger partial charge in [0.15, 0.2) is 11.4 Å². The van der Waals surface area contributed by atoms with Crippen LogP contribution in [0.1, 0.15) is 60.3 Å². The molecule has 0 unspecified atom stereocenters. The Kier molecular flexibility index (Phi) is 11.2. The number of benzene rings is 3. The molecule has 0 aliphatic carbocycles. The predicted octanol–water partition coefficient (Wildman–Crippen LogP) is 5.89. The molecule has 10 nitrogen and oxygen atoms in total. The lowest BCUT2D eigenvalue weighted by Gasteiger charge is -2.36. The monoisotopic (exact) mass is 652 g/mol. The Morgan fingerprint density at radius 1 is 0.911 bits per heavy atom. The lowest BCUT2D eigenvalue weighted by atomic mass is 9.98. The molecule has 5 rings (SSSR count). The highest BCUT2D eigenvalue weighted by Crippen LogP contribution is 2.39. The molecule has 1 saturated heterocycles. The maximum atomic E-state index is 12.2. The number of nitrogens with zero attached hydrogens (tertiary/aromatic N) is 2. The van der Waals surface area contributed by atoms with Crippen LogP contribution in [0.15, 0.2) is 79.1 Å². The molecule has 1 aromatic heterocycles. The Bertz CT molecular complexity index is 1610. The van der Waals surface area contributed by atoms with Crippen molar-refractivity contribution in [3.63, 3.8) is 0 Å². The number of hydroxylamine groups is 1. The Balaban J connectivity index is 1.31. The lowest BCUT2D eigenvalue weighted by molar-refractivity contribution is -0.252. The van der Waals surface area contributed by atoms with Gasteiger partial charge in [0.25, 0.3) is 0 Å². The van der Waals surface area contributed by atoms with Crippen LogP contribution in [0.2, 0.25) is 10.3 Å². The summed E-state index contributed by atoms with van der Waals surface area (Å²) in [6.07, 6.45) is 1.57. The van der Waals surface area contributed by atoms with Crippen LogP contribution in [0.5, 0.6) is 0 Å². The molecule has 2 amide bonds. The van der Waals surface area contributed by atoms with Crippen LogP contribution in [0.3, 0.4) is 0 Å². The van der Waals surface area contributed by atoms with Crippen LogP contribution in [0, 0.1) is 0 Å². The molecule has 12 heteroatoms. The molecule has 0 saturated carbocycles. The zero-order chi connectivity index (χ0) is 31.8. The maximum absolute atomic E-state index is 12.2. The summed E-state index contributed by atoms with van der Waals surface area (Å²) in [5.74, 6) is -0.689. The van der Waals surface area contributed by atoms with E-state index in [1.807, 2.05) is 72.8 Å². The van der Waals surface area contributed by atoms with Gasteiger partial charge in [-0.15, -0.1) is 0 Å². The molecule has 0 radical (unpaired) electrons. The van der Waals surface area contributed by atoms with Gasteiger partial charge in [-0.05, 0) is 46.4 Å². The fourth-order valence-electron chi connectivity index (χ4n) is 5.20. The molecule has 2 heterocycles. The minimum atomic E-state index is -0.667. The minimum Gasteiger partial charge on any atom is -0.392 e. The quantitative estimate of drug-likeness (QED) is 0.111. The van der Waals surface area contributed by atoms with Gasteiger partial charge in [-0.25, -0.2) is 10.5 Å². The number of carbonyl (C=O) groups is 2. The van der Waals surface area contributed by atoms with Crippen molar-refractivity contribution in [3.8, 4) is 11.1 Å². The van der Waals surface area contributed by atoms with Crippen molar-refractivity contribution in [1.29, 1.82) is 0 Å². The fraction of sp³-hybridized carbons (Fsp3) is 0.303. The zero-order valence-corrected chi connectivity index (χ0v) is 25.9. The van der Waals surface area contributed by atoms with Gasteiger partial charge in [-0.2, -0.15) is 0 Å². The summed E-state index contributed by atoms with van der Waals surface area (Å²) in [6, 6.07) is 23.5. The number of aliphatic hydroxyl groups is 1. The average molecular weight is 654 g/mol. The van der Waals surface area contributed by atoms with Crippen LogP contribution in [-0.2, 0) is 38.8 Å². The van der Waals surface area contributed by atoms with E-state index in [4.69, 9.17) is 37.9 Å². The van der Waals surface area contributed by atoms with Gasteiger partial charge in [-0.1, -0.05) is 83.9 Å². The number of aromatic nitrogens is 2. The first-order valence-corrected chi connectivity index (χ1v) is 15.3. The highest BCUT2D eigenvalue weighted by molar-refractivity contribution is 6.40.